The molecular formula is C20H22N4OS. The van der Waals surface area contributed by atoms with Crippen LogP contribution in [0.1, 0.15) is 35.1 Å². The van der Waals surface area contributed by atoms with Crippen molar-refractivity contribution in [2.45, 2.75) is 26.2 Å². The normalized spacial score (nSPS) is 17.0. The number of aryl methyl sites for hydroxylation is 1. The predicted octanol–water partition coefficient (Wildman–Crippen LogP) is 3.17. The highest BCUT2D eigenvalue weighted by Gasteiger charge is 2.21. The molecular weight excluding hydrogens is 344 g/mol. The molecule has 3 heterocycles. The molecule has 4 rings (SSSR count). The van der Waals surface area contributed by atoms with E-state index in [1.54, 1.807) is 11.3 Å². The Morgan fingerprint density at radius 1 is 1.31 bits per heavy atom. The first-order valence-electron chi connectivity index (χ1n) is 9.04. The second-order valence-electron chi connectivity index (χ2n) is 6.83. The monoisotopic (exact) mass is 366 g/mol. The molecule has 1 amide bonds. The minimum Gasteiger partial charge on any atom is -0.364 e. The van der Waals surface area contributed by atoms with Gasteiger partial charge >= 0.3 is 0 Å². The van der Waals surface area contributed by atoms with Gasteiger partial charge in [-0.2, -0.15) is 5.10 Å². The maximum Gasteiger partial charge on any atom is 0.270 e. The summed E-state index contributed by atoms with van der Waals surface area (Å²) in [6.45, 7) is 4.21. The Balaban J connectivity index is 1.79. The minimum absolute atomic E-state index is 0.273. The maximum atomic E-state index is 11.8. The lowest BCUT2D eigenvalue weighted by atomic mass is 10.00. The summed E-state index contributed by atoms with van der Waals surface area (Å²) in [4.78, 5) is 12.9. The fraction of sp³-hybridized carbons (Fsp3) is 0.350. The number of nitrogens with one attached hydrogen (secondary N) is 1. The van der Waals surface area contributed by atoms with E-state index in [1.807, 2.05) is 0 Å². The Kier molecular flexibility index (Phi) is 4.70. The number of thiophene rings is 1. The third-order valence-electron chi connectivity index (χ3n) is 5.05. The zero-order valence-electron chi connectivity index (χ0n) is 14.8. The lowest BCUT2D eigenvalue weighted by Gasteiger charge is -2.08. The van der Waals surface area contributed by atoms with Crippen molar-refractivity contribution < 1.29 is 4.79 Å². The third kappa shape index (κ3) is 3.22. The van der Waals surface area contributed by atoms with Gasteiger partial charge in [-0.05, 0) is 55.5 Å². The Labute approximate surface area is 156 Å². The zero-order chi connectivity index (χ0) is 18.1. The predicted molar refractivity (Wildman–Crippen MR) is 105 cm³/mol. The molecule has 3 N–H and O–H groups in total. The van der Waals surface area contributed by atoms with Crippen molar-refractivity contribution in [1.82, 2.24) is 15.5 Å². The largest absolute Gasteiger partial charge is 0.364 e. The second kappa shape index (κ2) is 7.13. The fourth-order valence-electron chi connectivity index (χ4n) is 3.51. The molecule has 134 valence electrons. The van der Waals surface area contributed by atoms with Crippen molar-refractivity contribution in [2.24, 2.45) is 11.7 Å². The summed E-state index contributed by atoms with van der Waals surface area (Å²) >= 11 is 1.57. The van der Waals surface area contributed by atoms with Crippen LogP contribution in [0.2, 0.25) is 0 Å². The lowest BCUT2D eigenvalue weighted by molar-refractivity contribution is 0.0996. The van der Waals surface area contributed by atoms with Gasteiger partial charge in [0, 0.05) is 10.3 Å². The number of nitrogens with two attached hydrogens (primary N) is 1. The van der Waals surface area contributed by atoms with Gasteiger partial charge < -0.3 is 11.1 Å². The van der Waals surface area contributed by atoms with E-state index < -0.39 is 5.91 Å². The molecule has 1 saturated heterocycles. The number of hydrogen-bond donors (Lipinski definition) is 2. The summed E-state index contributed by atoms with van der Waals surface area (Å²) in [5.41, 5.74) is 9.23. The van der Waals surface area contributed by atoms with Gasteiger partial charge in [-0.3, -0.25) is 4.79 Å². The molecule has 1 atom stereocenters. The van der Waals surface area contributed by atoms with Gasteiger partial charge in [-0.25, -0.2) is 0 Å². The first-order chi connectivity index (χ1) is 12.7. The van der Waals surface area contributed by atoms with Gasteiger partial charge in [-0.1, -0.05) is 31.2 Å². The molecule has 5 nitrogen and oxygen atoms in total. The highest BCUT2D eigenvalue weighted by Crippen LogP contribution is 2.36. The van der Waals surface area contributed by atoms with Gasteiger partial charge in [0.05, 0.1) is 10.4 Å². The maximum absolute atomic E-state index is 11.8. The quantitative estimate of drug-likeness (QED) is 0.727. The molecule has 0 radical (unpaired) electrons. The minimum atomic E-state index is -0.522. The molecule has 0 aliphatic carbocycles. The van der Waals surface area contributed by atoms with Crippen molar-refractivity contribution in [3.63, 3.8) is 0 Å². The Hall–Kier alpha value is -2.31. The number of hydrogen-bond acceptors (Lipinski definition) is 5. The summed E-state index contributed by atoms with van der Waals surface area (Å²) in [7, 11) is 0. The SMILES string of the molecule is CCc1ccc(-c2cc3c(CC4CCNC4)nnc(C(N)=O)c3s2)cc1. The molecule has 0 saturated carbocycles. The Morgan fingerprint density at radius 3 is 2.77 bits per heavy atom. The molecule has 0 spiro atoms. The lowest BCUT2D eigenvalue weighted by Crippen LogP contribution is -2.16. The summed E-state index contributed by atoms with van der Waals surface area (Å²) in [5, 5.41) is 12.9. The van der Waals surface area contributed by atoms with Crippen LogP contribution in [0.4, 0.5) is 0 Å². The third-order valence-corrected chi connectivity index (χ3v) is 6.24. The Bertz CT molecular complexity index is 942. The zero-order valence-corrected chi connectivity index (χ0v) is 15.6. The van der Waals surface area contributed by atoms with E-state index in [1.165, 1.54) is 5.56 Å². The summed E-state index contributed by atoms with van der Waals surface area (Å²) in [6, 6.07) is 10.7. The number of nitrogens with zero attached hydrogens (tertiary/aromatic N) is 2. The average molecular weight is 366 g/mol. The molecule has 2 aromatic heterocycles. The average Bonchev–Trinajstić information content (AvgIpc) is 3.31. The van der Waals surface area contributed by atoms with Crippen LogP contribution in [0.15, 0.2) is 30.3 Å². The smallest absolute Gasteiger partial charge is 0.270 e. The number of primary amides is 1. The van der Waals surface area contributed by atoms with Gasteiger partial charge in [0.1, 0.15) is 0 Å². The number of amides is 1. The van der Waals surface area contributed by atoms with E-state index in [2.05, 4.69) is 52.8 Å². The number of rotatable bonds is 5. The number of fused-ring (bicyclic) bond motifs is 1. The van der Waals surface area contributed by atoms with Crippen LogP contribution in [0.5, 0.6) is 0 Å². The molecule has 1 aromatic carbocycles. The van der Waals surface area contributed by atoms with E-state index in [-0.39, 0.29) is 5.69 Å². The summed E-state index contributed by atoms with van der Waals surface area (Å²) < 4.78 is 0.850. The molecule has 6 heteroatoms. The van der Waals surface area contributed by atoms with Crippen molar-refractivity contribution in [3.8, 4) is 10.4 Å². The van der Waals surface area contributed by atoms with E-state index >= 15 is 0 Å². The molecule has 3 aromatic rings. The number of carbonyl (C=O) groups is 1. The number of benzene rings is 1. The van der Waals surface area contributed by atoms with Crippen molar-refractivity contribution in [3.05, 3.63) is 47.3 Å². The fourth-order valence-corrected chi connectivity index (χ4v) is 4.69. The first kappa shape index (κ1) is 17.1. The molecule has 1 fully saturated rings. The van der Waals surface area contributed by atoms with Crippen LogP contribution in [-0.4, -0.2) is 29.2 Å². The highest BCUT2D eigenvalue weighted by molar-refractivity contribution is 7.22. The van der Waals surface area contributed by atoms with E-state index in [4.69, 9.17) is 5.73 Å². The van der Waals surface area contributed by atoms with Crippen molar-refractivity contribution >= 4 is 27.3 Å². The topological polar surface area (TPSA) is 80.9 Å². The van der Waals surface area contributed by atoms with Crippen LogP contribution >= 0.6 is 11.3 Å². The summed E-state index contributed by atoms with van der Waals surface area (Å²) in [6.07, 6.45) is 3.04. The van der Waals surface area contributed by atoms with Crippen molar-refractivity contribution in [2.75, 3.05) is 13.1 Å². The van der Waals surface area contributed by atoms with Crippen LogP contribution in [0, 0.1) is 5.92 Å². The van der Waals surface area contributed by atoms with Crippen LogP contribution in [0.3, 0.4) is 0 Å². The molecule has 1 aliphatic heterocycles. The molecule has 1 unspecified atom stereocenters. The van der Waals surface area contributed by atoms with Crippen LogP contribution in [-0.2, 0) is 12.8 Å². The van der Waals surface area contributed by atoms with Gasteiger partial charge in [0.2, 0.25) is 0 Å². The number of aromatic nitrogens is 2. The van der Waals surface area contributed by atoms with E-state index in [9.17, 15) is 4.79 Å². The van der Waals surface area contributed by atoms with E-state index in [0.717, 1.165) is 58.6 Å². The van der Waals surface area contributed by atoms with Crippen LogP contribution < -0.4 is 11.1 Å². The van der Waals surface area contributed by atoms with Gasteiger partial charge in [-0.15, -0.1) is 16.4 Å². The van der Waals surface area contributed by atoms with Crippen molar-refractivity contribution in [1.29, 1.82) is 0 Å². The Morgan fingerprint density at radius 2 is 2.12 bits per heavy atom. The van der Waals surface area contributed by atoms with E-state index in [0.29, 0.717) is 5.92 Å². The molecule has 0 bridgehead atoms. The summed E-state index contributed by atoms with van der Waals surface area (Å²) in [5.74, 6) is 0.0467. The molecule has 26 heavy (non-hydrogen) atoms. The van der Waals surface area contributed by atoms with Gasteiger partial charge in [0.25, 0.3) is 5.91 Å². The molecule has 1 aliphatic rings. The van der Waals surface area contributed by atoms with Gasteiger partial charge in [0.15, 0.2) is 5.69 Å². The van der Waals surface area contributed by atoms with Crippen LogP contribution in [0.25, 0.3) is 20.5 Å². The highest BCUT2D eigenvalue weighted by atomic mass is 32.1. The first-order valence-corrected chi connectivity index (χ1v) is 9.86. The number of carbonyl (C=O) groups excluding carboxylic acids is 1. The second-order valence-corrected chi connectivity index (χ2v) is 7.88. The standard InChI is InChI=1S/C20H22N4OS/c1-2-12-3-5-14(6-4-12)17-10-15-16(9-13-7-8-22-11-13)23-24-18(20(21)25)19(15)26-17/h3-6,10,13,22H,2,7-9,11H2,1H3,(H2,21,25).